The molecule has 1 aromatic heterocycles. The summed E-state index contributed by atoms with van der Waals surface area (Å²) in [6.07, 6.45) is 0.120. The lowest BCUT2D eigenvalue weighted by Gasteiger charge is -1.96. The van der Waals surface area contributed by atoms with Crippen LogP contribution in [0.15, 0.2) is 12.1 Å². The Bertz CT molecular complexity index is 527. The van der Waals surface area contributed by atoms with Crippen molar-refractivity contribution in [2.45, 2.75) is 6.42 Å². The molecule has 0 amide bonds. The molecular formula is C9H5ClFN3. The number of nitrogens with zero attached hydrogens (tertiary/aromatic N) is 2. The largest absolute Gasteiger partial charge is 0.328 e. The van der Waals surface area contributed by atoms with Crippen LogP contribution in [0, 0.1) is 17.1 Å². The summed E-state index contributed by atoms with van der Waals surface area (Å²) in [5.74, 6) is -0.400. The van der Waals surface area contributed by atoms with E-state index in [1.807, 2.05) is 6.07 Å². The van der Waals surface area contributed by atoms with Crippen LogP contribution in [0.25, 0.3) is 11.0 Å². The third kappa shape index (κ3) is 1.42. The first-order valence-electron chi connectivity index (χ1n) is 3.91. The summed E-state index contributed by atoms with van der Waals surface area (Å²) < 4.78 is 13.0. The number of nitrogens with one attached hydrogen (secondary N) is 1. The second-order valence-corrected chi connectivity index (χ2v) is 3.18. The summed E-state index contributed by atoms with van der Waals surface area (Å²) in [5, 5.41) is 8.73. The maximum Gasteiger partial charge on any atom is 0.201 e. The molecule has 0 fully saturated rings. The van der Waals surface area contributed by atoms with Gasteiger partial charge in [-0.25, -0.2) is 9.37 Å². The molecule has 0 aliphatic heterocycles. The molecular weight excluding hydrogens is 205 g/mol. The molecule has 14 heavy (non-hydrogen) atoms. The highest BCUT2D eigenvalue weighted by Crippen LogP contribution is 2.20. The smallest absolute Gasteiger partial charge is 0.201 e. The molecule has 0 bridgehead atoms. The van der Waals surface area contributed by atoms with Crippen LogP contribution in [0.4, 0.5) is 4.39 Å². The molecule has 2 aromatic rings. The number of imidazole rings is 1. The molecule has 5 heteroatoms. The standard InChI is InChI=1S/C9H5ClFN3/c10-9-13-7-4-6(11)3-5(1-2-12)8(7)14-9/h3-4H,1H2,(H,13,14). The van der Waals surface area contributed by atoms with Gasteiger partial charge in [0.05, 0.1) is 23.5 Å². The summed E-state index contributed by atoms with van der Waals surface area (Å²) in [5.41, 5.74) is 1.61. The van der Waals surface area contributed by atoms with Gasteiger partial charge in [0, 0.05) is 0 Å². The van der Waals surface area contributed by atoms with E-state index in [0.717, 1.165) is 0 Å². The Morgan fingerprint density at radius 2 is 2.36 bits per heavy atom. The van der Waals surface area contributed by atoms with Crippen molar-refractivity contribution in [1.29, 1.82) is 5.26 Å². The highest BCUT2D eigenvalue weighted by Gasteiger charge is 2.08. The number of nitriles is 1. The SMILES string of the molecule is N#CCc1cc(F)cc2[nH]c(Cl)nc12. The van der Waals surface area contributed by atoms with Gasteiger partial charge in [0.2, 0.25) is 5.28 Å². The summed E-state index contributed by atoms with van der Waals surface area (Å²) >= 11 is 5.64. The molecule has 0 spiro atoms. The maximum atomic E-state index is 13.0. The molecule has 0 aliphatic carbocycles. The molecule has 0 aliphatic rings. The monoisotopic (exact) mass is 209 g/mol. The number of H-pyrrole nitrogens is 1. The van der Waals surface area contributed by atoms with E-state index >= 15 is 0 Å². The minimum atomic E-state index is -0.400. The van der Waals surface area contributed by atoms with E-state index in [-0.39, 0.29) is 11.7 Å². The van der Waals surface area contributed by atoms with Crippen LogP contribution in [-0.2, 0) is 6.42 Å². The van der Waals surface area contributed by atoms with Gasteiger partial charge >= 0.3 is 0 Å². The molecule has 0 atom stereocenters. The fourth-order valence-corrected chi connectivity index (χ4v) is 1.53. The summed E-state index contributed by atoms with van der Waals surface area (Å²) in [4.78, 5) is 6.67. The predicted molar refractivity (Wildman–Crippen MR) is 50.4 cm³/mol. The minimum Gasteiger partial charge on any atom is -0.328 e. The van der Waals surface area contributed by atoms with Gasteiger partial charge in [-0.3, -0.25) is 0 Å². The second-order valence-electron chi connectivity index (χ2n) is 2.82. The summed E-state index contributed by atoms with van der Waals surface area (Å²) in [6.45, 7) is 0. The van der Waals surface area contributed by atoms with Crippen molar-refractivity contribution in [2.24, 2.45) is 0 Å². The van der Waals surface area contributed by atoms with E-state index in [4.69, 9.17) is 16.9 Å². The maximum absolute atomic E-state index is 13.0. The second kappa shape index (κ2) is 3.28. The van der Waals surface area contributed by atoms with Crippen LogP contribution < -0.4 is 0 Å². The Balaban J connectivity index is 2.74. The molecule has 0 unspecified atom stereocenters. The molecule has 1 aromatic carbocycles. The Labute approximate surface area is 84.1 Å². The highest BCUT2D eigenvalue weighted by atomic mass is 35.5. The molecule has 0 saturated heterocycles. The topological polar surface area (TPSA) is 52.5 Å². The highest BCUT2D eigenvalue weighted by molar-refractivity contribution is 6.29. The molecule has 3 nitrogen and oxygen atoms in total. The zero-order valence-electron chi connectivity index (χ0n) is 7.01. The quantitative estimate of drug-likeness (QED) is 0.784. The van der Waals surface area contributed by atoms with E-state index in [0.29, 0.717) is 16.6 Å². The van der Waals surface area contributed by atoms with Crippen LogP contribution in [0.3, 0.4) is 0 Å². The Morgan fingerprint density at radius 3 is 3.07 bits per heavy atom. The van der Waals surface area contributed by atoms with E-state index in [1.54, 1.807) is 0 Å². The normalized spacial score (nSPS) is 10.4. The van der Waals surface area contributed by atoms with Gasteiger partial charge in [-0.15, -0.1) is 0 Å². The number of hydrogen-bond acceptors (Lipinski definition) is 2. The molecule has 1 N–H and O–H groups in total. The molecule has 0 saturated carbocycles. The lowest BCUT2D eigenvalue weighted by Crippen LogP contribution is -1.86. The van der Waals surface area contributed by atoms with Crippen molar-refractivity contribution >= 4 is 22.6 Å². The van der Waals surface area contributed by atoms with E-state index in [9.17, 15) is 4.39 Å². The third-order valence-electron chi connectivity index (χ3n) is 1.87. The Hall–Kier alpha value is -1.60. The first kappa shape index (κ1) is 8.97. The number of hydrogen-bond donors (Lipinski definition) is 1. The number of rotatable bonds is 1. The van der Waals surface area contributed by atoms with E-state index in [2.05, 4.69) is 9.97 Å². The summed E-state index contributed by atoms with van der Waals surface area (Å²) in [6, 6.07) is 4.54. The van der Waals surface area contributed by atoms with Crippen LogP contribution in [0.2, 0.25) is 5.28 Å². The van der Waals surface area contributed by atoms with Crippen LogP contribution >= 0.6 is 11.6 Å². The third-order valence-corrected chi connectivity index (χ3v) is 2.05. The first-order chi connectivity index (χ1) is 6.70. The van der Waals surface area contributed by atoms with E-state index < -0.39 is 5.82 Å². The fraction of sp³-hybridized carbons (Fsp3) is 0.111. The lowest BCUT2D eigenvalue weighted by atomic mass is 10.1. The van der Waals surface area contributed by atoms with Crippen molar-refractivity contribution in [2.75, 3.05) is 0 Å². The zero-order valence-corrected chi connectivity index (χ0v) is 7.77. The average molecular weight is 210 g/mol. The van der Waals surface area contributed by atoms with Crippen molar-refractivity contribution in [1.82, 2.24) is 9.97 Å². The van der Waals surface area contributed by atoms with Gasteiger partial charge in [0.1, 0.15) is 5.82 Å². The zero-order chi connectivity index (χ0) is 10.1. The number of fused-ring (bicyclic) bond motifs is 1. The van der Waals surface area contributed by atoms with Gasteiger partial charge in [0.15, 0.2) is 0 Å². The number of halogens is 2. The van der Waals surface area contributed by atoms with Gasteiger partial charge in [-0.2, -0.15) is 5.26 Å². The molecule has 0 radical (unpaired) electrons. The van der Waals surface area contributed by atoms with Gasteiger partial charge in [-0.1, -0.05) is 0 Å². The number of aromatic amines is 1. The van der Waals surface area contributed by atoms with E-state index in [1.165, 1.54) is 12.1 Å². The van der Waals surface area contributed by atoms with Crippen LogP contribution in [0.1, 0.15) is 5.56 Å². The molecule has 1 heterocycles. The van der Waals surface area contributed by atoms with Crippen LogP contribution in [0.5, 0.6) is 0 Å². The first-order valence-corrected chi connectivity index (χ1v) is 4.29. The van der Waals surface area contributed by atoms with Gasteiger partial charge in [0.25, 0.3) is 0 Å². The van der Waals surface area contributed by atoms with Crippen molar-refractivity contribution < 1.29 is 4.39 Å². The summed E-state index contributed by atoms with van der Waals surface area (Å²) in [7, 11) is 0. The lowest BCUT2D eigenvalue weighted by molar-refractivity contribution is 0.628. The fourth-order valence-electron chi connectivity index (χ4n) is 1.34. The van der Waals surface area contributed by atoms with Crippen molar-refractivity contribution in [3.8, 4) is 6.07 Å². The van der Waals surface area contributed by atoms with Crippen LogP contribution in [-0.4, -0.2) is 9.97 Å². The number of benzene rings is 1. The molecule has 70 valence electrons. The molecule has 2 rings (SSSR count). The Morgan fingerprint density at radius 1 is 1.57 bits per heavy atom. The van der Waals surface area contributed by atoms with Crippen molar-refractivity contribution in [3.05, 3.63) is 28.8 Å². The Kier molecular flexibility index (Phi) is 2.10. The number of aromatic nitrogens is 2. The average Bonchev–Trinajstić information content (AvgIpc) is 2.45. The van der Waals surface area contributed by atoms with Gasteiger partial charge in [-0.05, 0) is 29.3 Å². The van der Waals surface area contributed by atoms with Crippen molar-refractivity contribution in [3.63, 3.8) is 0 Å². The van der Waals surface area contributed by atoms with Gasteiger partial charge < -0.3 is 4.98 Å². The minimum absolute atomic E-state index is 0.120. The predicted octanol–water partition coefficient (Wildman–Crippen LogP) is 2.42.